The SMILES string of the molecule is N#CC1CN(S(=O)(=O)c2cccc(C(=O)N3CC[C@@H]3C(=O)NCc3ccc(C(F)(F)F)cc3)c2)C1. The summed E-state index contributed by atoms with van der Waals surface area (Å²) < 4.78 is 64.7. The number of nitrogens with one attached hydrogen (secondary N) is 1. The van der Waals surface area contributed by atoms with Gasteiger partial charge in [0.1, 0.15) is 6.04 Å². The summed E-state index contributed by atoms with van der Waals surface area (Å²) in [5.41, 5.74) is -0.193. The molecule has 2 aliphatic rings. The number of carbonyl (C=O) groups is 2. The quantitative estimate of drug-likeness (QED) is 0.647. The predicted octanol–water partition coefficient (Wildman–Crippen LogP) is 2.38. The molecule has 0 saturated carbocycles. The molecule has 184 valence electrons. The Bertz CT molecular complexity index is 1280. The number of nitriles is 1. The van der Waals surface area contributed by atoms with E-state index in [1.54, 1.807) is 0 Å². The van der Waals surface area contributed by atoms with Crippen LogP contribution in [0.15, 0.2) is 53.4 Å². The molecule has 2 aromatic carbocycles. The van der Waals surface area contributed by atoms with Crippen LogP contribution in [-0.2, 0) is 27.5 Å². The minimum atomic E-state index is -4.44. The predicted molar refractivity (Wildman–Crippen MR) is 117 cm³/mol. The van der Waals surface area contributed by atoms with Gasteiger partial charge in [-0.05, 0) is 42.3 Å². The van der Waals surface area contributed by atoms with Gasteiger partial charge in [0.05, 0.1) is 22.4 Å². The molecule has 2 saturated heterocycles. The normalized spacial score (nSPS) is 18.8. The minimum absolute atomic E-state index is 0.00273. The minimum Gasteiger partial charge on any atom is -0.350 e. The highest BCUT2D eigenvalue weighted by molar-refractivity contribution is 7.89. The fourth-order valence-electron chi connectivity index (χ4n) is 3.84. The number of halogens is 3. The standard InChI is InChI=1S/C23H21F3N4O4S/c24-23(25,26)18-6-4-15(5-7-18)12-28-21(31)20-8-9-30(20)22(32)17-2-1-3-19(10-17)35(33,34)29-13-16(11-27)14-29/h1-7,10,16,20H,8-9,12-14H2,(H,28,31)/t20-/m1/s1. The number of benzene rings is 2. The van der Waals surface area contributed by atoms with Crippen LogP contribution in [0.4, 0.5) is 13.2 Å². The monoisotopic (exact) mass is 506 g/mol. The molecule has 2 heterocycles. The third kappa shape index (κ3) is 5.01. The van der Waals surface area contributed by atoms with Crippen molar-refractivity contribution in [1.29, 1.82) is 5.26 Å². The maximum absolute atomic E-state index is 13.0. The fraction of sp³-hybridized carbons (Fsp3) is 0.348. The first-order chi connectivity index (χ1) is 16.5. The summed E-state index contributed by atoms with van der Waals surface area (Å²) in [6, 6.07) is 11.2. The van der Waals surface area contributed by atoms with Crippen LogP contribution < -0.4 is 5.32 Å². The molecule has 4 rings (SSSR count). The Morgan fingerprint density at radius 3 is 2.37 bits per heavy atom. The largest absolute Gasteiger partial charge is 0.416 e. The van der Waals surface area contributed by atoms with E-state index < -0.39 is 39.6 Å². The second-order valence-electron chi connectivity index (χ2n) is 8.39. The lowest BCUT2D eigenvalue weighted by molar-refractivity contribution is -0.137. The van der Waals surface area contributed by atoms with Crippen LogP contribution in [0.2, 0.25) is 0 Å². The molecule has 1 atom stereocenters. The smallest absolute Gasteiger partial charge is 0.350 e. The molecule has 2 fully saturated rings. The molecule has 12 heteroatoms. The maximum Gasteiger partial charge on any atom is 0.416 e. The molecule has 2 amide bonds. The number of amides is 2. The summed E-state index contributed by atoms with van der Waals surface area (Å²) in [6.07, 6.45) is -4.04. The van der Waals surface area contributed by atoms with Gasteiger partial charge in [-0.25, -0.2) is 8.42 Å². The van der Waals surface area contributed by atoms with Crippen molar-refractivity contribution in [2.24, 2.45) is 5.92 Å². The Morgan fingerprint density at radius 1 is 1.11 bits per heavy atom. The first-order valence-corrected chi connectivity index (χ1v) is 12.2. The highest BCUT2D eigenvalue weighted by atomic mass is 32.2. The average Bonchev–Trinajstić information content (AvgIpc) is 2.76. The van der Waals surface area contributed by atoms with Crippen LogP contribution in [0.1, 0.15) is 27.9 Å². The van der Waals surface area contributed by atoms with Crippen molar-refractivity contribution in [3.63, 3.8) is 0 Å². The Labute approximate surface area is 200 Å². The number of hydrogen-bond donors (Lipinski definition) is 1. The summed E-state index contributed by atoms with van der Waals surface area (Å²) in [4.78, 5) is 26.8. The zero-order valence-corrected chi connectivity index (χ0v) is 19.1. The van der Waals surface area contributed by atoms with Gasteiger partial charge in [0.25, 0.3) is 5.91 Å². The summed E-state index contributed by atoms with van der Waals surface area (Å²) in [6.45, 7) is 0.515. The third-order valence-electron chi connectivity index (χ3n) is 6.08. The van der Waals surface area contributed by atoms with Crippen molar-refractivity contribution >= 4 is 21.8 Å². The van der Waals surface area contributed by atoms with E-state index in [9.17, 15) is 31.2 Å². The molecular weight excluding hydrogens is 485 g/mol. The lowest BCUT2D eigenvalue weighted by Gasteiger charge is -2.40. The van der Waals surface area contributed by atoms with E-state index in [1.807, 2.05) is 6.07 Å². The van der Waals surface area contributed by atoms with Gasteiger partial charge >= 0.3 is 6.18 Å². The van der Waals surface area contributed by atoms with E-state index in [4.69, 9.17) is 5.26 Å². The number of hydrogen-bond acceptors (Lipinski definition) is 5. The van der Waals surface area contributed by atoms with Gasteiger partial charge in [-0.1, -0.05) is 18.2 Å². The molecule has 8 nitrogen and oxygen atoms in total. The van der Waals surface area contributed by atoms with E-state index >= 15 is 0 Å². The maximum atomic E-state index is 13.0. The van der Waals surface area contributed by atoms with Crippen molar-refractivity contribution in [2.75, 3.05) is 19.6 Å². The molecule has 35 heavy (non-hydrogen) atoms. The van der Waals surface area contributed by atoms with Gasteiger partial charge in [0, 0.05) is 31.7 Å². The van der Waals surface area contributed by atoms with Crippen molar-refractivity contribution in [3.05, 3.63) is 65.2 Å². The van der Waals surface area contributed by atoms with Crippen LogP contribution in [-0.4, -0.2) is 55.1 Å². The lowest BCUT2D eigenvalue weighted by Crippen LogP contribution is -2.58. The summed E-state index contributed by atoms with van der Waals surface area (Å²) in [7, 11) is -3.84. The van der Waals surface area contributed by atoms with Gasteiger partial charge in [-0.15, -0.1) is 0 Å². The van der Waals surface area contributed by atoms with Crippen molar-refractivity contribution in [3.8, 4) is 6.07 Å². The lowest BCUT2D eigenvalue weighted by atomic mass is 10.00. The molecular formula is C23H21F3N4O4S. The zero-order chi connectivity index (χ0) is 25.4. The van der Waals surface area contributed by atoms with Crippen LogP contribution in [0, 0.1) is 17.2 Å². The van der Waals surface area contributed by atoms with Crippen molar-refractivity contribution in [2.45, 2.75) is 30.1 Å². The number of carbonyl (C=O) groups excluding carboxylic acids is 2. The molecule has 2 aromatic rings. The molecule has 2 aliphatic heterocycles. The van der Waals surface area contributed by atoms with E-state index in [0.717, 1.165) is 12.1 Å². The topological polar surface area (TPSA) is 111 Å². The highest BCUT2D eigenvalue weighted by Gasteiger charge is 2.39. The average molecular weight is 507 g/mol. The van der Waals surface area contributed by atoms with E-state index in [2.05, 4.69) is 5.32 Å². The molecule has 0 aliphatic carbocycles. The first-order valence-electron chi connectivity index (χ1n) is 10.8. The summed E-state index contributed by atoms with van der Waals surface area (Å²) >= 11 is 0. The number of rotatable bonds is 6. The molecule has 0 unspecified atom stereocenters. The number of sulfonamides is 1. The molecule has 0 bridgehead atoms. The first kappa shape index (κ1) is 24.7. The number of alkyl halides is 3. The second kappa shape index (κ2) is 9.31. The van der Waals surface area contributed by atoms with Gasteiger partial charge in [0.2, 0.25) is 15.9 Å². The second-order valence-corrected chi connectivity index (χ2v) is 10.3. The van der Waals surface area contributed by atoms with E-state index in [1.165, 1.54) is 45.6 Å². The number of nitrogens with zero attached hydrogens (tertiary/aromatic N) is 3. The Balaban J connectivity index is 1.38. The highest BCUT2D eigenvalue weighted by Crippen LogP contribution is 2.29. The van der Waals surface area contributed by atoms with Crippen molar-refractivity contribution < 1.29 is 31.2 Å². The van der Waals surface area contributed by atoms with Crippen LogP contribution in [0.25, 0.3) is 0 Å². The third-order valence-corrected chi connectivity index (χ3v) is 7.91. The zero-order valence-electron chi connectivity index (χ0n) is 18.3. The number of likely N-dealkylation sites (tertiary alicyclic amines) is 1. The van der Waals surface area contributed by atoms with E-state index in [-0.39, 0.29) is 36.0 Å². The Hall–Kier alpha value is -3.43. The molecule has 0 spiro atoms. The molecule has 1 N–H and O–H groups in total. The molecule has 0 radical (unpaired) electrons. The van der Waals surface area contributed by atoms with E-state index in [0.29, 0.717) is 18.5 Å². The van der Waals surface area contributed by atoms with Crippen LogP contribution in [0.5, 0.6) is 0 Å². The van der Waals surface area contributed by atoms with Gasteiger partial charge in [-0.3, -0.25) is 9.59 Å². The Morgan fingerprint density at radius 2 is 1.80 bits per heavy atom. The molecule has 0 aromatic heterocycles. The van der Waals surface area contributed by atoms with Gasteiger partial charge in [-0.2, -0.15) is 22.7 Å². The van der Waals surface area contributed by atoms with Crippen LogP contribution >= 0.6 is 0 Å². The van der Waals surface area contributed by atoms with Crippen molar-refractivity contribution in [1.82, 2.24) is 14.5 Å². The fourth-order valence-corrected chi connectivity index (χ4v) is 5.42. The Kier molecular flexibility index (Phi) is 6.57. The summed E-state index contributed by atoms with van der Waals surface area (Å²) in [5.74, 6) is -1.30. The van der Waals surface area contributed by atoms with Gasteiger partial charge in [0.15, 0.2) is 0 Å². The summed E-state index contributed by atoms with van der Waals surface area (Å²) in [5, 5.41) is 11.5. The van der Waals surface area contributed by atoms with Crippen LogP contribution in [0.3, 0.4) is 0 Å². The van der Waals surface area contributed by atoms with Gasteiger partial charge < -0.3 is 10.2 Å².